The number of aromatic nitrogens is 2. The van der Waals surface area contributed by atoms with E-state index in [1.807, 2.05) is 31.0 Å². The zero-order chi connectivity index (χ0) is 15.4. The van der Waals surface area contributed by atoms with Crippen LogP contribution in [0, 0.1) is 0 Å². The number of guanidine groups is 1. The number of nitrogens with zero attached hydrogens (tertiary/aromatic N) is 4. The van der Waals surface area contributed by atoms with E-state index in [9.17, 15) is 0 Å². The van der Waals surface area contributed by atoms with Crippen LogP contribution in [0.2, 0.25) is 0 Å². The van der Waals surface area contributed by atoms with Crippen LogP contribution in [-0.4, -0.2) is 52.9 Å². The van der Waals surface area contributed by atoms with E-state index >= 15 is 0 Å². The molecule has 1 atom stereocenters. The van der Waals surface area contributed by atoms with Crippen molar-refractivity contribution in [3.8, 4) is 0 Å². The minimum absolute atomic E-state index is 0. The maximum absolute atomic E-state index is 4.35. The zero-order valence-electron chi connectivity index (χ0n) is 14.2. The number of aryl methyl sites for hydroxylation is 1. The first-order valence-corrected chi connectivity index (χ1v) is 8.44. The van der Waals surface area contributed by atoms with E-state index in [2.05, 4.69) is 25.6 Å². The molecule has 0 radical (unpaired) electrons. The van der Waals surface area contributed by atoms with Gasteiger partial charge in [0, 0.05) is 45.5 Å². The number of nitrogens with one attached hydrogen (secondary N) is 2. The molecule has 1 saturated carbocycles. The SMILES string of the molecule is CN=C(NCc1ccnn1C)NC1CCN(C2CCCC2)C1.I. The molecule has 1 aromatic rings. The van der Waals surface area contributed by atoms with Crippen molar-refractivity contribution in [3.63, 3.8) is 0 Å². The van der Waals surface area contributed by atoms with Crippen LogP contribution in [0.25, 0.3) is 0 Å². The van der Waals surface area contributed by atoms with E-state index in [1.54, 1.807) is 0 Å². The highest BCUT2D eigenvalue weighted by Gasteiger charge is 2.30. The van der Waals surface area contributed by atoms with Crippen LogP contribution >= 0.6 is 24.0 Å². The molecule has 2 N–H and O–H groups in total. The molecule has 0 bridgehead atoms. The Kier molecular flexibility index (Phi) is 7.13. The lowest BCUT2D eigenvalue weighted by Crippen LogP contribution is -2.45. The predicted octanol–water partition coefficient (Wildman–Crippen LogP) is 1.72. The average molecular weight is 432 g/mol. The van der Waals surface area contributed by atoms with Crippen molar-refractivity contribution in [1.29, 1.82) is 0 Å². The zero-order valence-corrected chi connectivity index (χ0v) is 16.5. The van der Waals surface area contributed by atoms with Crippen molar-refractivity contribution in [2.75, 3.05) is 20.1 Å². The lowest BCUT2D eigenvalue weighted by molar-refractivity contribution is 0.242. The number of hydrogen-bond donors (Lipinski definition) is 2. The summed E-state index contributed by atoms with van der Waals surface area (Å²) in [4.78, 5) is 7.02. The van der Waals surface area contributed by atoms with Crippen molar-refractivity contribution in [2.24, 2.45) is 12.0 Å². The number of hydrogen-bond acceptors (Lipinski definition) is 3. The van der Waals surface area contributed by atoms with Gasteiger partial charge < -0.3 is 10.6 Å². The molecule has 1 unspecified atom stereocenters. The summed E-state index contributed by atoms with van der Waals surface area (Å²) >= 11 is 0. The number of aliphatic imine (C=N–C) groups is 1. The number of halogens is 1. The van der Waals surface area contributed by atoms with Crippen LogP contribution < -0.4 is 10.6 Å². The first-order valence-electron chi connectivity index (χ1n) is 8.44. The Morgan fingerprint density at radius 2 is 2.13 bits per heavy atom. The third kappa shape index (κ3) is 4.82. The molecule has 2 aliphatic rings. The molecule has 1 aromatic heterocycles. The first kappa shape index (κ1) is 18.5. The van der Waals surface area contributed by atoms with Crippen molar-refractivity contribution in [1.82, 2.24) is 25.3 Å². The van der Waals surface area contributed by atoms with Crippen LogP contribution in [0.15, 0.2) is 17.3 Å². The van der Waals surface area contributed by atoms with E-state index in [-0.39, 0.29) is 24.0 Å². The van der Waals surface area contributed by atoms with Crippen molar-refractivity contribution < 1.29 is 0 Å². The largest absolute Gasteiger partial charge is 0.352 e. The summed E-state index contributed by atoms with van der Waals surface area (Å²) < 4.78 is 1.89. The second-order valence-electron chi connectivity index (χ2n) is 6.44. The number of likely N-dealkylation sites (tertiary alicyclic amines) is 1. The number of rotatable bonds is 4. The van der Waals surface area contributed by atoms with E-state index in [0.29, 0.717) is 6.04 Å². The highest BCUT2D eigenvalue weighted by Crippen LogP contribution is 2.26. The summed E-state index contributed by atoms with van der Waals surface area (Å²) in [6.07, 6.45) is 8.63. The molecule has 1 aliphatic carbocycles. The van der Waals surface area contributed by atoms with E-state index in [4.69, 9.17) is 0 Å². The maximum Gasteiger partial charge on any atom is 0.191 e. The fraction of sp³-hybridized carbons (Fsp3) is 0.750. The lowest BCUT2D eigenvalue weighted by atomic mass is 10.2. The van der Waals surface area contributed by atoms with E-state index in [0.717, 1.165) is 30.8 Å². The molecule has 6 nitrogen and oxygen atoms in total. The van der Waals surface area contributed by atoms with E-state index in [1.165, 1.54) is 38.6 Å². The van der Waals surface area contributed by atoms with Gasteiger partial charge in [0.15, 0.2) is 5.96 Å². The minimum Gasteiger partial charge on any atom is -0.352 e. The van der Waals surface area contributed by atoms with Gasteiger partial charge in [-0.05, 0) is 25.3 Å². The molecule has 130 valence electrons. The van der Waals surface area contributed by atoms with Crippen LogP contribution in [0.5, 0.6) is 0 Å². The molecule has 0 spiro atoms. The molecular weight excluding hydrogens is 403 g/mol. The Morgan fingerprint density at radius 1 is 1.35 bits per heavy atom. The molecule has 23 heavy (non-hydrogen) atoms. The fourth-order valence-corrected chi connectivity index (χ4v) is 3.64. The second-order valence-corrected chi connectivity index (χ2v) is 6.44. The Balaban J connectivity index is 0.00000192. The van der Waals surface area contributed by atoms with Crippen LogP contribution in [0.4, 0.5) is 0 Å². The van der Waals surface area contributed by atoms with Gasteiger partial charge in [0.05, 0.1) is 12.2 Å². The highest BCUT2D eigenvalue weighted by molar-refractivity contribution is 14.0. The van der Waals surface area contributed by atoms with Crippen LogP contribution in [0.1, 0.15) is 37.8 Å². The van der Waals surface area contributed by atoms with Gasteiger partial charge in [-0.15, -0.1) is 24.0 Å². The topological polar surface area (TPSA) is 57.5 Å². The summed E-state index contributed by atoms with van der Waals surface area (Å²) in [5.41, 5.74) is 1.15. The van der Waals surface area contributed by atoms with Gasteiger partial charge in [0.2, 0.25) is 0 Å². The van der Waals surface area contributed by atoms with Gasteiger partial charge in [-0.25, -0.2) is 0 Å². The van der Waals surface area contributed by atoms with Gasteiger partial charge in [0.25, 0.3) is 0 Å². The van der Waals surface area contributed by atoms with E-state index < -0.39 is 0 Å². The molecule has 2 heterocycles. The minimum atomic E-state index is 0. The van der Waals surface area contributed by atoms with Crippen LogP contribution in [0.3, 0.4) is 0 Å². The van der Waals surface area contributed by atoms with Gasteiger partial charge in [0.1, 0.15) is 0 Å². The molecule has 3 rings (SSSR count). The first-order chi connectivity index (χ1) is 10.8. The van der Waals surface area contributed by atoms with Crippen LogP contribution in [-0.2, 0) is 13.6 Å². The summed E-state index contributed by atoms with van der Waals surface area (Å²) in [6, 6.07) is 3.37. The van der Waals surface area contributed by atoms with Gasteiger partial charge in [-0.2, -0.15) is 5.10 Å². The standard InChI is InChI=1S/C16H28N6.HI/c1-17-16(18-11-15-7-9-19-21(15)2)20-13-8-10-22(12-13)14-5-3-4-6-14;/h7,9,13-14H,3-6,8,10-12H2,1-2H3,(H2,17,18,20);1H. The normalized spacial score (nSPS) is 23.0. The summed E-state index contributed by atoms with van der Waals surface area (Å²) in [6.45, 7) is 3.12. The monoisotopic (exact) mass is 432 g/mol. The third-order valence-electron chi connectivity index (χ3n) is 4.98. The van der Waals surface area contributed by atoms with Gasteiger partial charge >= 0.3 is 0 Å². The molecule has 2 fully saturated rings. The molecular formula is C16H29IN6. The molecule has 1 saturated heterocycles. The Hall–Kier alpha value is -0.830. The smallest absolute Gasteiger partial charge is 0.191 e. The Bertz CT molecular complexity index is 508. The fourth-order valence-electron chi connectivity index (χ4n) is 3.64. The van der Waals surface area contributed by atoms with Crippen molar-refractivity contribution in [3.05, 3.63) is 18.0 Å². The summed E-state index contributed by atoms with van der Waals surface area (Å²) in [7, 11) is 3.80. The lowest BCUT2D eigenvalue weighted by Gasteiger charge is -2.24. The Morgan fingerprint density at radius 3 is 2.78 bits per heavy atom. The Labute approximate surface area is 156 Å². The van der Waals surface area contributed by atoms with Crippen molar-refractivity contribution in [2.45, 2.75) is 50.7 Å². The molecule has 0 aromatic carbocycles. The molecule has 7 heteroatoms. The predicted molar refractivity (Wildman–Crippen MR) is 104 cm³/mol. The van der Waals surface area contributed by atoms with Gasteiger partial charge in [-0.1, -0.05) is 12.8 Å². The molecule has 0 amide bonds. The average Bonchev–Trinajstić information content (AvgIpc) is 3.25. The highest BCUT2D eigenvalue weighted by atomic mass is 127. The maximum atomic E-state index is 4.35. The second kappa shape index (κ2) is 8.86. The van der Waals surface area contributed by atoms with Crippen molar-refractivity contribution >= 4 is 29.9 Å². The summed E-state index contributed by atoms with van der Waals surface area (Å²) in [5.74, 6) is 0.888. The molecule has 1 aliphatic heterocycles. The third-order valence-corrected chi connectivity index (χ3v) is 4.98. The quantitative estimate of drug-likeness (QED) is 0.432. The summed E-state index contributed by atoms with van der Waals surface area (Å²) in [5, 5.41) is 11.1. The van der Waals surface area contributed by atoms with Gasteiger partial charge in [-0.3, -0.25) is 14.6 Å².